The van der Waals surface area contributed by atoms with Gasteiger partial charge in [0.1, 0.15) is 0 Å². The normalized spacial score (nSPS) is 27.4. The lowest BCUT2D eigenvalue weighted by molar-refractivity contribution is 0.427. The Morgan fingerprint density at radius 2 is 2.25 bits per heavy atom. The lowest BCUT2D eigenvalue weighted by Gasteiger charge is -2.23. The average Bonchev–Trinajstić information content (AvgIpc) is 2.06. The van der Waals surface area contributed by atoms with Crippen LogP contribution in [-0.4, -0.2) is 27.8 Å². The molecule has 0 bridgehead atoms. The summed E-state index contributed by atoms with van der Waals surface area (Å²) in [5, 5.41) is 3.73. The largest absolute Gasteiger partial charge is 0.313 e. The summed E-state index contributed by atoms with van der Waals surface area (Å²) in [4.78, 5) is 0. The van der Waals surface area contributed by atoms with Gasteiger partial charge in [-0.1, -0.05) is 20.3 Å². The molecular weight excluding hydrogens is 170 g/mol. The molecule has 0 aliphatic carbocycles. The van der Waals surface area contributed by atoms with Crippen molar-refractivity contribution >= 4 is 10.8 Å². The van der Waals surface area contributed by atoms with E-state index in [0.29, 0.717) is 11.3 Å². The van der Waals surface area contributed by atoms with Crippen LogP contribution in [-0.2, 0) is 10.8 Å². The highest BCUT2D eigenvalue weighted by molar-refractivity contribution is 7.85. The first-order valence-electron chi connectivity index (χ1n) is 4.80. The second-order valence-electron chi connectivity index (χ2n) is 3.74. The van der Waals surface area contributed by atoms with Gasteiger partial charge in [0, 0.05) is 27.8 Å². The molecule has 0 aromatic heterocycles. The summed E-state index contributed by atoms with van der Waals surface area (Å²) in [7, 11) is -0.632. The molecule has 2 unspecified atom stereocenters. The molecule has 2 atom stereocenters. The number of nitrogens with one attached hydrogen (secondary N) is 1. The summed E-state index contributed by atoms with van der Waals surface area (Å²) in [5.41, 5.74) is 0. The third-order valence-electron chi connectivity index (χ3n) is 2.30. The fourth-order valence-electron chi connectivity index (χ4n) is 1.46. The van der Waals surface area contributed by atoms with Crippen molar-refractivity contribution in [2.75, 3.05) is 12.3 Å². The van der Waals surface area contributed by atoms with Gasteiger partial charge in [-0.3, -0.25) is 4.21 Å². The van der Waals surface area contributed by atoms with E-state index in [-0.39, 0.29) is 0 Å². The highest BCUT2D eigenvalue weighted by Gasteiger charge is 2.16. The first-order chi connectivity index (χ1) is 5.70. The van der Waals surface area contributed by atoms with Crippen LogP contribution in [0.15, 0.2) is 0 Å². The second kappa shape index (κ2) is 4.97. The van der Waals surface area contributed by atoms with Gasteiger partial charge in [-0.15, -0.1) is 0 Å². The SMILES string of the molecule is CC(C)S(=O)CC1CCCCN1. The predicted octanol–water partition coefficient (Wildman–Crippen LogP) is 1.29. The summed E-state index contributed by atoms with van der Waals surface area (Å²) >= 11 is 0. The maximum atomic E-state index is 11.5. The van der Waals surface area contributed by atoms with Crippen LogP contribution in [0.3, 0.4) is 0 Å². The van der Waals surface area contributed by atoms with Gasteiger partial charge in [-0.2, -0.15) is 0 Å². The summed E-state index contributed by atoms with van der Waals surface area (Å²) in [5.74, 6) is 0.845. The highest BCUT2D eigenvalue weighted by atomic mass is 32.2. The molecular formula is C9H19NOS. The van der Waals surface area contributed by atoms with Crippen molar-refractivity contribution in [3.05, 3.63) is 0 Å². The molecule has 2 nitrogen and oxygen atoms in total. The molecule has 0 spiro atoms. The monoisotopic (exact) mass is 189 g/mol. The Kier molecular flexibility index (Phi) is 4.22. The fraction of sp³-hybridized carbons (Fsp3) is 1.00. The van der Waals surface area contributed by atoms with Gasteiger partial charge in [-0.25, -0.2) is 0 Å². The van der Waals surface area contributed by atoms with Gasteiger partial charge < -0.3 is 5.32 Å². The number of piperidine rings is 1. The third-order valence-corrected chi connectivity index (χ3v) is 4.09. The van der Waals surface area contributed by atoms with E-state index >= 15 is 0 Å². The Bertz CT molecular complexity index is 153. The molecule has 0 saturated carbocycles. The molecule has 12 heavy (non-hydrogen) atoms. The molecule has 1 fully saturated rings. The standard InChI is InChI=1S/C9H19NOS/c1-8(2)12(11)7-9-5-3-4-6-10-9/h8-10H,3-7H2,1-2H3. The topological polar surface area (TPSA) is 29.1 Å². The van der Waals surface area contributed by atoms with Crippen LogP contribution in [0, 0.1) is 0 Å². The molecule has 1 aliphatic rings. The van der Waals surface area contributed by atoms with E-state index in [1.165, 1.54) is 19.3 Å². The summed E-state index contributed by atoms with van der Waals surface area (Å²) < 4.78 is 11.5. The summed E-state index contributed by atoms with van der Waals surface area (Å²) in [6.07, 6.45) is 3.79. The van der Waals surface area contributed by atoms with Crippen molar-refractivity contribution in [1.29, 1.82) is 0 Å². The first-order valence-corrected chi connectivity index (χ1v) is 6.19. The Labute approximate surface area is 77.6 Å². The van der Waals surface area contributed by atoms with E-state index in [1.54, 1.807) is 0 Å². The van der Waals surface area contributed by atoms with Crippen LogP contribution in [0.2, 0.25) is 0 Å². The minimum absolute atomic E-state index is 0.314. The van der Waals surface area contributed by atoms with Crippen molar-refractivity contribution in [2.45, 2.75) is 44.4 Å². The fourth-order valence-corrected chi connectivity index (χ4v) is 2.52. The minimum Gasteiger partial charge on any atom is -0.313 e. The van der Waals surface area contributed by atoms with Crippen LogP contribution in [0.25, 0.3) is 0 Å². The van der Waals surface area contributed by atoms with Crippen molar-refractivity contribution in [3.8, 4) is 0 Å². The van der Waals surface area contributed by atoms with Crippen molar-refractivity contribution in [3.63, 3.8) is 0 Å². The molecule has 0 radical (unpaired) electrons. The zero-order chi connectivity index (χ0) is 8.97. The van der Waals surface area contributed by atoms with Crippen LogP contribution in [0.4, 0.5) is 0 Å². The molecule has 1 rings (SSSR count). The van der Waals surface area contributed by atoms with Crippen LogP contribution in [0.5, 0.6) is 0 Å². The average molecular weight is 189 g/mol. The highest BCUT2D eigenvalue weighted by Crippen LogP contribution is 2.09. The summed E-state index contributed by atoms with van der Waals surface area (Å²) in [6, 6.07) is 0.516. The molecule has 1 N–H and O–H groups in total. The lowest BCUT2D eigenvalue weighted by atomic mass is 10.1. The van der Waals surface area contributed by atoms with Crippen molar-refractivity contribution < 1.29 is 4.21 Å². The Balaban J connectivity index is 2.24. The zero-order valence-corrected chi connectivity index (χ0v) is 8.82. The van der Waals surface area contributed by atoms with Crippen LogP contribution in [0.1, 0.15) is 33.1 Å². The first kappa shape index (κ1) is 10.2. The molecule has 1 heterocycles. The van der Waals surface area contributed by atoms with Gasteiger partial charge in [0.25, 0.3) is 0 Å². The van der Waals surface area contributed by atoms with Crippen LogP contribution < -0.4 is 5.32 Å². The third kappa shape index (κ3) is 3.23. The number of rotatable bonds is 3. The van der Waals surface area contributed by atoms with E-state index in [9.17, 15) is 4.21 Å². The molecule has 72 valence electrons. The van der Waals surface area contributed by atoms with Gasteiger partial charge in [0.05, 0.1) is 0 Å². The maximum Gasteiger partial charge on any atom is 0.0391 e. The molecule has 1 aliphatic heterocycles. The van der Waals surface area contributed by atoms with E-state index in [2.05, 4.69) is 5.32 Å². The van der Waals surface area contributed by atoms with Gasteiger partial charge in [0.15, 0.2) is 0 Å². The second-order valence-corrected chi connectivity index (χ2v) is 5.78. The zero-order valence-electron chi connectivity index (χ0n) is 8.01. The predicted molar refractivity (Wildman–Crippen MR) is 53.8 cm³/mol. The van der Waals surface area contributed by atoms with Crippen molar-refractivity contribution in [2.24, 2.45) is 0 Å². The lowest BCUT2D eigenvalue weighted by Crippen LogP contribution is -2.39. The quantitative estimate of drug-likeness (QED) is 0.725. The smallest absolute Gasteiger partial charge is 0.0391 e. The molecule has 3 heteroatoms. The van der Waals surface area contributed by atoms with Crippen molar-refractivity contribution in [1.82, 2.24) is 5.32 Å². The Hall–Kier alpha value is 0.110. The number of hydrogen-bond donors (Lipinski definition) is 1. The van der Waals surface area contributed by atoms with Crippen LogP contribution >= 0.6 is 0 Å². The minimum atomic E-state index is -0.632. The molecule has 0 amide bonds. The van der Waals surface area contributed by atoms with E-state index < -0.39 is 10.8 Å². The Morgan fingerprint density at radius 1 is 1.50 bits per heavy atom. The maximum absolute atomic E-state index is 11.5. The van der Waals surface area contributed by atoms with E-state index in [1.807, 2.05) is 13.8 Å². The number of hydrogen-bond acceptors (Lipinski definition) is 2. The molecule has 0 aromatic rings. The summed E-state index contributed by atoms with van der Waals surface area (Å²) in [6.45, 7) is 5.16. The molecule has 1 saturated heterocycles. The van der Waals surface area contributed by atoms with Gasteiger partial charge in [-0.05, 0) is 19.4 Å². The van der Waals surface area contributed by atoms with Gasteiger partial charge >= 0.3 is 0 Å². The molecule has 0 aromatic carbocycles. The Morgan fingerprint density at radius 3 is 2.75 bits per heavy atom. The van der Waals surface area contributed by atoms with E-state index in [4.69, 9.17) is 0 Å². The van der Waals surface area contributed by atoms with Gasteiger partial charge in [0.2, 0.25) is 0 Å². The van der Waals surface area contributed by atoms with E-state index in [0.717, 1.165) is 12.3 Å².